The summed E-state index contributed by atoms with van der Waals surface area (Å²) >= 11 is 3.22. The first-order valence-electron chi connectivity index (χ1n) is 5.66. The molecule has 1 aromatic carbocycles. The fourth-order valence-corrected chi connectivity index (χ4v) is 2.16. The van der Waals surface area contributed by atoms with Gasteiger partial charge in [-0.2, -0.15) is 0 Å². The number of alkyl halides is 1. The fourth-order valence-electron chi connectivity index (χ4n) is 1.69. The van der Waals surface area contributed by atoms with Crippen molar-refractivity contribution < 1.29 is 19.7 Å². The molecule has 2 atom stereocenters. The third-order valence-electron chi connectivity index (χ3n) is 2.71. The van der Waals surface area contributed by atoms with Gasteiger partial charge in [-0.3, -0.25) is 4.79 Å². The Morgan fingerprint density at radius 3 is 2.67 bits per heavy atom. The molecule has 0 aromatic heterocycles. The maximum absolute atomic E-state index is 11.3. The Morgan fingerprint density at radius 1 is 1.39 bits per heavy atom. The molecule has 1 aromatic rings. The quantitative estimate of drug-likeness (QED) is 0.617. The lowest BCUT2D eigenvalue weighted by atomic mass is 9.96. The minimum absolute atomic E-state index is 0.0881. The normalized spacial score (nSPS) is 14.0. The molecule has 2 unspecified atom stereocenters. The summed E-state index contributed by atoms with van der Waals surface area (Å²) < 4.78 is 4.61. The zero-order valence-electron chi connectivity index (χ0n) is 10.2. The number of ether oxygens (including phenoxy) is 1. The molecule has 100 valence electrons. The molecule has 0 saturated carbocycles. The minimum Gasteiger partial charge on any atom is -0.469 e. The average molecular weight is 317 g/mol. The lowest BCUT2D eigenvalue weighted by Gasteiger charge is -2.20. The van der Waals surface area contributed by atoms with Crippen molar-refractivity contribution in [3.05, 3.63) is 35.4 Å². The van der Waals surface area contributed by atoms with Crippen molar-refractivity contribution in [1.29, 1.82) is 0 Å². The highest BCUT2D eigenvalue weighted by Gasteiger charge is 2.21. The smallest absolute Gasteiger partial charge is 0.309 e. The minimum atomic E-state index is -0.997. The van der Waals surface area contributed by atoms with Crippen LogP contribution in [0.25, 0.3) is 0 Å². The molecule has 18 heavy (non-hydrogen) atoms. The molecule has 0 heterocycles. The number of aliphatic hydroxyl groups is 2. The number of benzene rings is 1. The van der Waals surface area contributed by atoms with Crippen molar-refractivity contribution in [2.24, 2.45) is 0 Å². The summed E-state index contributed by atoms with van der Waals surface area (Å²) in [6, 6.07) is 7.00. The van der Waals surface area contributed by atoms with E-state index in [2.05, 4.69) is 20.7 Å². The SMILES string of the molecule is COC(=O)Cc1ccccc1C(O)C(O)CCBr. The van der Waals surface area contributed by atoms with Crippen molar-refractivity contribution in [2.75, 3.05) is 12.4 Å². The van der Waals surface area contributed by atoms with Gasteiger partial charge in [-0.25, -0.2) is 0 Å². The van der Waals surface area contributed by atoms with Crippen LogP contribution in [0.2, 0.25) is 0 Å². The second-order valence-electron chi connectivity index (χ2n) is 3.94. The Morgan fingerprint density at radius 2 is 2.06 bits per heavy atom. The molecule has 0 bridgehead atoms. The number of hydrogen-bond acceptors (Lipinski definition) is 4. The lowest BCUT2D eigenvalue weighted by molar-refractivity contribution is -0.139. The Bertz CT molecular complexity index is 394. The van der Waals surface area contributed by atoms with Gasteiger partial charge < -0.3 is 14.9 Å². The van der Waals surface area contributed by atoms with Crippen molar-refractivity contribution >= 4 is 21.9 Å². The van der Waals surface area contributed by atoms with Crippen molar-refractivity contribution in [1.82, 2.24) is 0 Å². The summed E-state index contributed by atoms with van der Waals surface area (Å²) in [6.07, 6.45) is -1.33. The molecule has 0 saturated heterocycles. The first-order chi connectivity index (χ1) is 8.60. The number of esters is 1. The summed E-state index contributed by atoms with van der Waals surface area (Å²) in [7, 11) is 1.32. The molecule has 5 heteroatoms. The second-order valence-corrected chi connectivity index (χ2v) is 4.73. The van der Waals surface area contributed by atoms with E-state index in [0.717, 1.165) is 0 Å². The fraction of sp³-hybridized carbons (Fsp3) is 0.462. The van der Waals surface area contributed by atoms with E-state index in [9.17, 15) is 15.0 Å². The number of rotatable bonds is 6. The van der Waals surface area contributed by atoms with Gasteiger partial charge in [-0.1, -0.05) is 40.2 Å². The van der Waals surface area contributed by atoms with E-state index in [0.29, 0.717) is 22.9 Å². The first kappa shape index (κ1) is 15.1. The summed E-state index contributed by atoms with van der Waals surface area (Å²) in [6.45, 7) is 0. The van der Waals surface area contributed by atoms with E-state index < -0.39 is 12.2 Å². The summed E-state index contributed by atoms with van der Waals surface area (Å²) in [5.74, 6) is -0.371. The van der Waals surface area contributed by atoms with Gasteiger partial charge in [0.2, 0.25) is 0 Å². The van der Waals surface area contributed by atoms with Crippen molar-refractivity contribution in [2.45, 2.75) is 25.0 Å². The molecule has 0 fully saturated rings. The van der Waals surface area contributed by atoms with Crippen LogP contribution in [-0.2, 0) is 16.0 Å². The first-order valence-corrected chi connectivity index (χ1v) is 6.79. The standard InChI is InChI=1S/C13H17BrO4/c1-18-12(16)8-9-4-2-3-5-10(9)13(17)11(15)6-7-14/h2-5,11,13,15,17H,6-8H2,1H3. The van der Waals surface area contributed by atoms with Gasteiger partial charge in [0.15, 0.2) is 0 Å². The van der Waals surface area contributed by atoms with Crippen LogP contribution >= 0.6 is 15.9 Å². The number of halogens is 1. The van der Waals surface area contributed by atoms with Crippen LogP contribution in [0.1, 0.15) is 23.7 Å². The number of hydrogen-bond donors (Lipinski definition) is 2. The maximum Gasteiger partial charge on any atom is 0.309 e. The molecule has 2 N–H and O–H groups in total. The molecular weight excluding hydrogens is 300 g/mol. The van der Waals surface area contributed by atoms with Crippen LogP contribution in [0.5, 0.6) is 0 Å². The number of carbonyl (C=O) groups excluding carboxylic acids is 1. The topological polar surface area (TPSA) is 66.8 Å². The van der Waals surface area contributed by atoms with Crippen molar-refractivity contribution in [3.8, 4) is 0 Å². The van der Waals surface area contributed by atoms with E-state index in [-0.39, 0.29) is 12.4 Å². The Kier molecular flexibility index (Phi) is 6.32. The molecule has 0 radical (unpaired) electrons. The summed E-state index contributed by atoms with van der Waals surface area (Å²) in [4.78, 5) is 11.3. The van der Waals surface area contributed by atoms with Crippen molar-refractivity contribution in [3.63, 3.8) is 0 Å². The number of carbonyl (C=O) groups is 1. The zero-order valence-corrected chi connectivity index (χ0v) is 11.8. The van der Waals surface area contributed by atoms with E-state index >= 15 is 0 Å². The van der Waals surface area contributed by atoms with Gasteiger partial charge >= 0.3 is 5.97 Å². The predicted octanol–water partition coefficient (Wildman–Crippen LogP) is 1.58. The maximum atomic E-state index is 11.3. The van der Waals surface area contributed by atoms with Gasteiger partial charge in [-0.15, -0.1) is 0 Å². The predicted molar refractivity (Wildman–Crippen MR) is 71.5 cm³/mol. The molecular formula is C13H17BrO4. The molecule has 4 nitrogen and oxygen atoms in total. The highest BCUT2D eigenvalue weighted by molar-refractivity contribution is 9.09. The second kappa shape index (κ2) is 7.51. The van der Waals surface area contributed by atoms with Crippen LogP contribution in [0, 0.1) is 0 Å². The molecule has 1 rings (SSSR count). The Balaban J connectivity index is 2.90. The van der Waals surface area contributed by atoms with Gasteiger partial charge in [0.1, 0.15) is 6.10 Å². The highest BCUT2D eigenvalue weighted by Crippen LogP contribution is 2.23. The monoisotopic (exact) mass is 316 g/mol. The van der Waals surface area contributed by atoms with E-state index in [1.54, 1.807) is 24.3 Å². The number of aliphatic hydroxyl groups excluding tert-OH is 2. The molecule has 0 aliphatic rings. The lowest BCUT2D eigenvalue weighted by Crippen LogP contribution is -2.20. The molecule has 0 spiro atoms. The van der Waals surface area contributed by atoms with Crippen LogP contribution in [0.15, 0.2) is 24.3 Å². The third kappa shape index (κ3) is 4.08. The van der Waals surface area contributed by atoms with Crippen LogP contribution in [0.3, 0.4) is 0 Å². The third-order valence-corrected chi connectivity index (χ3v) is 3.16. The molecule has 0 aliphatic heterocycles. The van der Waals surface area contributed by atoms with E-state index in [4.69, 9.17) is 0 Å². The largest absolute Gasteiger partial charge is 0.469 e. The highest BCUT2D eigenvalue weighted by atomic mass is 79.9. The zero-order chi connectivity index (χ0) is 13.5. The Hall–Kier alpha value is -0.910. The number of methoxy groups -OCH3 is 1. The summed E-state index contributed by atoms with van der Waals surface area (Å²) in [5.41, 5.74) is 1.24. The van der Waals surface area contributed by atoms with E-state index in [1.165, 1.54) is 7.11 Å². The van der Waals surface area contributed by atoms with Crippen LogP contribution in [-0.4, -0.2) is 34.7 Å². The van der Waals surface area contributed by atoms with Crippen LogP contribution in [0.4, 0.5) is 0 Å². The average Bonchev–Trinajstić information content (AvgIpc) is 2.38. The van der Waals surface area contributed by atoms with Gasteiger partial charge in [-0.05, 0) is 17.5 Å². The molecule has 0 amide bonds. The van der Waals surface area contributed by atoms with Gasteiger partial charge in [0.25, 0.3) is 0 Å². The van der Waals surface area contributed by atoms with Gasteiger partial charge in [0, 0.05) is 5.33 Å². The van der Waals surface area contributed by atoms with E-state index in [1.807, 2.05) is 0 Å². The molecule has 0 aliphatic carbocycles. The summed E-state index contributed by atoms with van der Waals surface area (Å²) in [5, 5.41) is 20.5. The van der Waals surface area contributed by atoms with Gasteiger partial charge in [0.05, 0.1) is 19.6 Å². The van der Waals surface area contributed by atoms with Crippen LogP contribution < -0.4 is 0 Å². The Labute approximate surface area is 115 Å².